The van der Waals surface area contributed by atoms with Crippen LogP contribution in [0.15, 0.2) is 0 Å². The Kier molecular flexibility index (Phi) is 7.08. The van der Waals surface area contributed by atoms with Crippen molar-refractivity contribution in [2.24, 2.45) is 0 Å². The largest absolute Gasteiger partial charge is 0.480 e. The SMILES string of the molecule is CCCOCCOCC(=O)O. The van der Waals surface area contributed by atoms with E-state index in [2.05, 4.69) is 0 Å². The van der Waals surface area contributed by atoms with Gasteiger partial charge in [-0.25, -0.2) is 4.79 Å². The van der Waals surface area contributed by atoms with Crippen LogP contribution in [0.1, 0.15) is 13.3 Å². The molecule has 0 saturated heterocycles. The lowest BCUT2D eigenvalue weighted by Crippen LogP contribution is -2.11. The molecule has 0 radical (unpaired) electrons. The number of ether oxygens (including phenoxy) is 2. The zero-order valence-corrected chi connectivity index (χ0v) is 6.71. The minimum atomic E-state index is -0.944. The molecule has 1 N–H and O–H groups in total. The van der Waals surface area contributed by atoms with E-state index in [9.17, 15) is 4.79 Å². The summed E-state index contributed by atoms with van der Waals surface area (Å²) in [6.07, 6.45) is 0.971. The molecule has 0 aliphatic carbocycles. The smallest absolute Gasteiger partial charge is 0.329 e. The predicted molar refractivity (Wildman–Crippen MR) is 39.6 cm³/mol. The van der Waals surface area contributed by atoms with Crippen molar-refractivity contribution in [3.05, 3.63) is 0 Å². The van der Waals surface area contributed by atoms with Gasteiger partial charge in [0.15, 0.2) is 0 Å². The fourth-order valence-corrected chi connectivity index (χ4v) is 0.524. The van der Waals surface area contributed by atoms with Crippen molar-refractivity contribution in [3.63, 3.8) is 0 Å². The van der Waals surface area contributed by atoms with Gasteiger partial charge >= 0.3 is 5.97 Å². The summed E-state index contributed by atoms with van der Waals surface area (Å²) in [7, 11) is 0. The maximum absolute atomic E-state index is 9.92. The molecule has 0 unspecified atom stereocenters. The molecule has 11 heavy (non-hydrogen) atoms. The van der Waals surface area contributed by atoms with Gasteiger partial charge in [0.25, 0.3) is 0 Å². The van der Waals surface area contributed by atoms with Gasteiger partial charge in [-0.05, 0) is 6.42 Å². The van der Waals surface area contributed by atoms with Gasteiger partial charge in [0.2, 0.25) is 0 Å². The highest BCUT2D eigenvalue weighted by Crippen LogP contribution is 1.81. The second-order valence-corrected chi connectivity index (χ2v) is 2.06. The molecule has 0 aliphatic heterocycles. The highest BCUT2D eigenvalue weighted by Gasteiger charge is 1.94. The van der Waals surface area contributed by atoms with Crippen molar-refractivity contribution in [1.29, 1.82) is 0 Å². The summed E-state index contributed by atoms with van der Waals surface area (Å²) >= 11 is 0. The standard InChI is InChI=1S/C7H14O4/c1-2-3-10-4-5-11-6-7(8)9/h2-6H2,1H3,(H,8,9). The van der Waals surface area contributed by atoms with Crippen LogP contribution in [0.25, 0.3) is 0 Å². The maximum Gasteiger partial charge on any atom is 0.329 e. The average Bonchev–Trinajstić information content (AvgIpc) is 1.96. The zero-order chi connectivity index (χ0) is 8.53. The van der Waals surface area contributed by atoms with Crippen LogP contribution in [-0.2, 0) is 14.3 Å². The van der Waals surface area contributed by atoms with Gasteiger partial charge in [-0.15, -0.1) is 0 Å². The molecule has 0 atom stereocenters. The third-order valence-electron chi connectivity index (χ3n) is 0.946. The van der Waals surface area contributed by atoms with E-state index < -0.39 is 5.97 Å². The van der Waals surface area contributed by atoms with Gasteiger partial charge in [0, 0.05) is 6.61 Å². The molecule has 0 heterocycles. The Morgan fingerprint density at radius 2 is 1.91 bits per heavy atom. The summed E-state index contributed by atoms with van der Waals surface area (Å²) < 4.78 is 9.76. The number of rotatable bonds is 7. The van der Waals surface area contributed by atoms with Crippen LogP contribution in [0.3, 0.4) is 0 Å². The highest BCUT2D eigenvalue weighted by molar-refractivity contribution is 5.67. The average molecular weight is 162 g/mol. The molecule has 66 valence electrons. The zero-order valence-electron chi connectivity index (χ0n) is 6.71. The fourth-order valence-electron chi connectivity index (χ4n) is 0.524. The molecular weight excluding hydrogens is 148 g/mol. The Morgan fingerprint density at radius 1 is 1.27 bits per heavy atom. The first kappa shape index (κ1) is 10.4. The first-order valence-corrected chi connectivity index (χ1v) is 3.64. The first-order valence-electron chi connectivity index (χ1n) is 3.64. The Labute approximate surface area is 66.1 Å². The third kappa shape index (κ3) is 9.39. The van der Waals surface area contributed by atoms with Crippen molar-refractivity contribution >= 4 is 5.97 Å². The molecule has 4 heteroatoms. The molecular formula is C7H14O4. The minimum Gasteiger partial charge on any atom is -0.480 e. The van der Waals surface area contributed by atoms with E-state index in [0.29, 0.717) is 19.8 Å². The first-order chi connectivity index (χ1) is 5.27. The number of carbonyl (C=O) groups is 1. The summed E-state index contributed by atoms with van der Waals surface area (Å²) in [4.78, 5) is 9.92. The molecule has 4 nitrogen and oxygen atoms in total. The summed E-state index contributed by atoms with van der Waals surface area (Å²) in [5.41, 5.74) is 0. The normalized spacial score (nSPS) is 9.91. The van der Waals surface area contributed by atoms with Gasteiger partial charge in [-0.2, -0.15) is 0 Å². The Balaban J connectivity index is 2.85. The molecule has 0 fully saturated rings. The second-order valence-electron chi connectivity index (χ2n) is 2.06. The van der Waals surface area contributed by atoms with Crippen molar-refractivity contribution < 1.29 is 19.4 Å². The number of carboxylic acids is 1. The molecule has 0 amide bonds. The van der Waals surface area contributed by atoms with E-state index >= 15 is 0 Å². The molecule has 0 aliphatic rings. The topological polar surface area (TPSA) is 55.8 Å². The molecule has 0 saturated carbocycles. The van der Waals surface area contributed by atoms with Gasteiger partial charge in [-0.3, -0.25) is 0 Å². The van der Waals surface area contributed by atoms with Crippen molar-refractivity contribution in [3.8, 4) is 0 Å². The summed E-state index contributed by atoms with van der Waals surface area (Å²) in [5, 5.41) is 8.15. The van der Waals surface area contributed by atoms with Crippen molar-refractivity contribution in [2.75, 3.05) is 26.4 Å². The third-order valence-corrected chi connectivity index (χ3v) is 0.946. The van der Waals surface area contributed by atoms with E-state index in [1.165, 1.54) is 0 Å². The Hall–Kier alpha value is -0.610. The predicted octanol–water partition coefficient (Wildman–Crippen LogP) is 0.514. The van der Waals surface area contributed by atoms with Crippen LogP contribution >= 0.6 is 0 Å². The van der Waals surface area contributed by atoms with Crippen LogP contribution in [0.2, 0.25) is 0 Å². The van der Waals surface area contributed by atoms with Gasteiger partial charge in [0.05, 0.1) is 13.2 Å². The summed E-state index contributed by atoms with van der Waals surface area (Å²) in [6.45, 7) is 3.30. The van der Waals surface area contributed by atoms with E-state index in [4.69, 9.17) is 14.6 Å². The van der Waals surface area contributed by atoms with E-state index in [-0.39, 0.29) is 6.61 Å². The molecule has 0 spiro atoms. The van der Waals surface area contributed by atoms with E-state index in [1.54, 1.807) is 0 Å². The molecule has 0 aromatic heterocycles. The molecule has 0 rings (SSSR count). The van der Waals surface area contributed by atoms with Crippen LogP contribution < -0.4 is 0 Å². The fraction of sp³-hybridized carbons (Fsp3) is 0.857. The summed E-state index contributed by atoms with van der Waals surface area (Å²) in [6, 6.07) is 0. The number of hydrogen-bond acceptors (Lipinski definition) is 3. The Bertz CT molecular complexity index is 103. The van der Waals surface area contributed by atoms with E-state index in [1.807, 2.05) is 6.92 Å². The van der Waals surface area contributed by atoms with Crippen LogP contribution in [0.5, 0.6) is 0 Å². The second kappa shape index (κ2) is 7.50. The monoisotopic (exact) mass is 162 g/mol. The highest BCUT2D eigenvalue weighted by atomic mass is 16.5. The van der Waals surface area contributed by atoms with Gasteiger partial charge < -0.3 is 14.6 Å². The van der Waals surface area contributed by atoms with Crippen LogP contribution in [0.4, 0.5) is 0 Å². The van der Waals surface area contributed by atoms with Crippen molar-refractivity contribution in [2.45, 2.75) is 13.3 Å². The maximum atomic E-state index is 9.92. The van der Waals surface area contributed by atoms with Crippen LogP contribution in [0, 0.1) is 0 Å². The number of aliphatic carboxylic acids is 1. The van der Waals surface area contributed by atoms with Crippen molar-refractivity contribution in [1.82, 2.24) is 0 Å². The lowest BCUT2D eigenvalue weighted by molar-refractivity contribution is -0.142. The minimum absolute atomic E-state index is 0.241. The Morgan fingerprint density at radius 3 is 2.45 bits per heavy atom. The molecule has 0 aromatic rings. The number of carboxylic acid groups (broad SMARTS) is 1. The summed E-state index contributed by atoms with van der Waals surface area (Å²) in [5.74, 6) is -0.944. The molecule has 0 bridgehead atoms. The quantitative estimate of drug-likeness (QED) is 0.554. The molecule has 0 aromatic carbocycles. The lowest BCUT2D eigenvalue weighted by Gasteiger charge is -2.01. The van der Waals surface area contributed by atoms with E-state index in [0.717, 1.165) is 6.42 Å². The van der Waals surface area contributed by atoms with Crippen LogP contribution in [-0.4, -0.2) is 37.5 Å². The van der Waals surface area contributed by atoms with Gasteiger partial charge in [-0.1, -0.05) is 6.92 Å². The number of hydrogen-bond donors (Lipinski definition) is 1. The van der Waals surface area contributed by atoms with Gasteiger partial charge in [0.1, 0.15) is 6.61 Å². The lowest BCUT2D eigenvalue weighted by atomic mass is 10.5.